The van der Waals surface area contributed by atoms with E-state index >= 15 is 0 Å². The third-order valence-corrected chi connectivity index (χ3v) is 2.93. The maximum atomic E-state index is 4.55. The fourth-order valence-corrected chi connectivity index (χ4v) is 2.05. The van der Waals surface area contributed by atoms with Gasteiger partial charge >= 0.3 is 0 Å². The Hall–Kier alpha value is -2.15. The third-order valence-electron chi connectivity index (χ3n) is 2.93. The van der Waals surface area contributed by atoms with Gasteiger partial charge in [0, 0.05) is 11.3 Å². The Labute approximate surface area is 101 Å². The van der Waals surface area contributed by atoms with Crippen LogP contribution in [0.2, 0.25) is 0 Å². The summed E-state index contributed by atoms with van der Waals surface area (Å²) in [5.74, 6) is 0. The second-order valence-electron chi connectivity index (χ2n) is 4.23. The standard InChI is InChI=1S/C16H13N/c1-12-5-4-8-16(17-12)15-10-9-13-6-2-3-7-14(13)11-15/h2-11H,1H3. The van der Waals surface area contributed by atoms with E-state index in [0.29, 0.717) is 0 Å². The molecular formula is C16H13N. The Bertz CT molecular complexity index is 671. The minimum atomic E-state index is 1.04. The van der Waals surface area contributed by atoms with Crippen molar-refractivity contribution in [2.45, 2.75) is 6.92 Å². The molecule has 0 atom stereocenters. The van der Waals surface area contributed by atoms with Crippen LogP contribution in [0.1, 0.15) is 5.69 Å². The third kappa shape index (κ3) is 1.92. The van der Waals surface area contributed by atoms with Crippen molar-refractivity contribution in [2.75, 3.05) is 0 Å². The number of aromatic nitrogens is 1. The maximum Gasteiger partial charge on any atom is 0.0705 e. The first-order valence-corrected chi connectivity index (χ1v) is 5.76. The van der Waals surface area contributed by atoms with Crippen LogP contribution in [0.5, 0.6) is 0 Å². The van der Waals surface area contributed by atoms with Crippen molar-refractivity contribution < 1.29 is 0 Å². The van der Waals surface area contributed by atoms with Gasteiger partial charge in [-0.25, -0.2) is 0 Å². The molecule has 0 saturated heterocycles. The van der Waals surface area contributed by atoms with E-state index in [-0.39, 0.29) is 0 Å². The van der Waals surface area contributed by atoms with Gasteiger partial charge in [-0.2, -0.15) is 0 Å². The summed E-state index contributed by atoms with van der Waals surface area (Å²) in [5.41, 5.74) is 3.26. The van der Waals surface area contributed by atoms with Crippen molar-refractivity contribution in [3.05, 3.63) is 66.4 Å². The molecule has 0 amide bonds. The van der Waals surface area contributed by atoms with E-state index in [2.05, 4.69) is 53.5 Å². The highest BCUT2D eigenvalue weighted by molar-refractivity contribution is 5.86. The highest BCUT2D eigenvalue weighted by Crippen LogP contribution is 2.22. The minimum Gasteiger partial charge on any atom is -0.253 e. The summed E-state index contributed by atoms with van der Waals surface area (Å²) in [7, 11) is 0. The fourth-order valence-electron chi connectivity index (χ4n) is 2.05. The van der Waals surface area contributed by atoms with E-state index in [9.17, 15) is 0 Å². The average Bonchev–Trinajstić information content (AvgIpc) is 2.38. The molecule has 0 fully saturated rings. The molecule has 0 unspecified atom stereocenters. The molecule has 1 nitrogen and oxygen atoms in total. The van der Waals surface area contributed by atoms with Gasteiger partial charge in [-0.05, 0) is 35.9 Å². The van der Waals surface area contributed by atoms with E-state index in [0.717, 1.165) is 11.4 Å². The zero-order chi connectivity index (χ0) is 11.7. The van der Waals surface area contributed by atoms with Crippen molar-refractivity contribution in [2.24, 2.45) is 0 Å². The molecule has 82 valence electrons. The second-order valence-corrected chi connectivity index (χ2v) is 4.23. The Morgan fingerprint density at radius 1 is 0.765 bits per heavy atom. The Morgan fingerprint density at radius 3 is 2.41 bits per heavy atom. The van der Waals surface area contributed by atoms with Crippen molar-refractivity contribution in [1.82, 2.24) is 4.98 Å². The molecule has 1 heterocycles. The van der Waals surface area contributed by atoms with Crippen molar-refractivity contribution in [1.29, 1.82) is 0 Å². The summed E-state index contributed by atoms with van der Waals surface area (Å²) >= 11 is 0. The molecule has 17 heavy (non-hydrogen) atoms. The lowest BCUT2D eigenvalue weighted by molar-refractivity contribution is 1.21. The molecule has 0 spiro atoms. The molecule has 0 bridgehead atoms. The van der Waals surface area contributed by atoms with Gasteiger partial charge < -0.3 is 0 Å². The van der Waals surface area contributed by atoms with Crippen LogP contribution >= 0.6 is 0 Å². The van der Waals surface area contributed by atoms with Gasteiger partial charge in [0.25, 0.3) is 0 Å². The number of pyridine rings is 1. The van der Waals surface area contributed by atoms with E-state index in [4.69, 9.17) is 0 Å². The minimum absolute atomic E-state index is 1.04. The molecule has 3 rings (SSSR count). The molecule has 1 aromatic heterocycles. The quantitative estimate of drug-likeness (QED) is 0.597. The Balaban J connectivity index is 2.18. The predicted molar refractivity (Wildman–Crippen MR) is 71.9 cm³/mol. The van der Waals surface area contributed by atoms with Crippen LogP contribution in [-0.4, -0.2) is 4.98 Å². The average molecular weight is 219 g/mol. The van der Waals surface area contributed by atoms with E-state index < -0.39 is 0 Å². The van der Waals surface area contributed by atoms with Crippen molar-refractivity contribution in [3.63, 3.8) is 0 Å². The predicted octanol–water partition coefficient (Wildman–Crippen LogP) is 4.21. The summed E-state index contributed by atoms with van der Waals surface area (Å²) in [6, 6.07) is 21.0. The van der Waals surface area contributed by atoms with Crippen LogP contribution in [-0.2, 0) is 0 Å². The van der Waals surface area contributed by atoms with Crippen LogP contribution < -0.4 is 0 Å². The van der Waals surface area contributed by atoms with Crippen LogP contribution in [0.15, 0.2) is 60.7 Å². The molecule has 0 N–H and O–H groups in total. The number of hydrogen-bond donors (Lipinski definition) is 0. The van der Waals surface area contributed by atoms with Crippen molar-refractivity contribution >= 4 is 10.8 Å². The van der Waals surface area contributed by atoms with E-state index in [1.165, 1.54) is 16.3 Å². The first-order valence-electron chi connectivity index (χ1n) is 5.76. The topological polar surface area (TPSA) is 12.9 Å². The lowest BCUT2D eigenvalue weighted by Crippen LogP contribution is -1.86. The van der Waals surface area contributed by atoms with E-state index in [1.807, 2.05) is 19.1 Å². The molecule has 0 aliphatic carbocycles. The van der Waals surface area contributed by atoms with Gasteiger partial charge in [-0.3, -0.25) is 4.98 Å². The lowest BCUT2D eigenvalue weighted by Gasteiger charge is -2.04. The van der Waals surface area contributed by atoms with Crippen molar-refractivity contribution in [3.8, 4) is 11.3 Å². The molecular weight excluding hydrogens is 206 g/mol. The van der Waals surface area contributed by atoms with Gasteiger partial charge in [0.1, 0.15) is 0 Å². The summed E-state index contributed by atoms with van der Waals surface area (Å²) in [6.45, 7) is 2.02. The summed E-state index contributed by atoms with van der Waals surface area (Å²) in [4.78, 5) is 4.55. The summed E-state index contributed by atoms with van der Waals surface area (Å²) in [5, 5.41) is 2.53. The molecule has 3 aromatic rings. The zero-order valence-corrected chi connectivity index (χ0v) is 9.72. The van der Waals surface area contributed by atoms with Gasteiger partial charge in [0.2, 0.25) is 0 Å². The smallest absolute Gasteiger partial charge is 0.0705 e. The number of benzene rings is 2. The summed E-state index contributed by atoms with van der Waals surface area (Å²) in [6.07, 6.45) is 0. The molecule has 0 radical (unpaired) electrons. The number of nitrogens with zero attached hydrogens (tertiary/aromatic N) is 1. The zero-order valence-electron chi connectivity index (χ0n) is 9.72. The molecule has 0 aliphatic heterocycles. The van der Waals surface area contributed by atoms with Crippen LogP contribution in [0.25, 0.3) is 22.0 Å². The Morgan fingerprint density at radius 2 is 1.59 bits per heavy atom. The lowest BCUT2D eigenvalue weighted by atomic mass is 10.0. The van der Waals surface area contributed by atoms with E-state index in [1.54, 1.807) is 0 Å². The molecule has 2 aromatic carbocycles. The van der Waals surface area contributed by atoms with Gasteiger partial charge in [-0.1, -0.05) is 42.5 Å². The number of hydrogen-bond acceptors (Lipinski definition) is 1. The molecule has 0 aliphatic rings. The first-order chi connectivity index (χ1) is 8.33. The van der Waals surface area contributed by atoms with Gasteiger partial charge in [0.15, 0.2) is 0 Å². The maximum absolute atomic E-state index is 4.55. The van der Waals surface area contributed by atoms with Crippen LogP contribution in [0, 0.1) is 6.92 Å². The number of fused-ring (bicyclic) bond motifs is 1. The van der Waals surface area contributed by atoms with Crippen LogP contribution in [0.3, 0.4) is 0 Å². The second kappa shape index (κ2) is 4.02. The molecule has 0 saturated carbocycles. The summed E-state index contributed by atoms with van der Waals surface area (Å²) < 4.78 is 0. The van der Waals surface area contributed by atoms with Gasteiger partial charge in [0.05, 0.1) is 5.69 Å². The fraction of sp³-hybridized carbons (Fsp3) is 0.0625. The number of rotatable bonds is 1. The van der Waals surface area contributed by atoms with Gasteiger partial charge in [-0.15, -0.1) is 0 Å². The first kappa shape index (κ1) is 10.0. The monoisotopic (exact) mass is 219 g/mol. The largest absolute Gasteiger partial charge is 0.253 e. The number of aryl methyl sites for hydroxylation is 1. The normalized spacial score (nSPS) is 10.6. The van der Waals surface area contributed by atoms with Crippen LogP contribution in [0.4, 0.5) is 0 Å². The Kier molecular flexibility index (Phi) is 2.37. The molecule has 1 heteroatoms. The highest BCUT2D eigenvalue weighted by atomic mass is 14.7. The SMILES string of the molecule is Cc1cccc(-c2ccc3ccccc3c2)n1. The highest BCUT2D eigenvalue weighted by Gasteiger charge is 2.00.